The fraction of sp³-hybridized carbons (Fsp3) is 0.333. The van der Waals surface area contributed by atoms with Crippen LogP contribution < -0.4 is 0 Å². The Bertz CT molecular complexity index is 245. The van der Waals surface area contributed by atoms with Gasteiger partial charge in [-0.25, -0.2) is 0 Å². The van der Waals surface area contributed by atoms with E-state index in [9.17, 15) is 0 Å². The smallest absolute Gasteiger partial charge is 0.155 e. The zero-order chi connectivity index (χ0) is 8.97. The van der Waals surface area contributed by atoms with Crippen molar-refractivity contribution >= 4 is 0 Å². The molecule has 3 N–H and O–H groups in total. The third-order valence-corrected chi connectivity index (χ3v) is 1.59. The van der Waals surface area contributed by atoms with Crippen LogP contribution in [0.5, 0.6) is 0 Å². The monoisotopic (exact) mass is 168 g/mol. The molecule has 1 aromatic rings. The lowest BCUT2D eigenvalue weighted by molar-refractivity contribution is -0.0381. The predicted octanol–water partition coefficient (Wildman–Crippen LogP) is 0.0321. The van der Waals surface area contributed by atoms with Crippen LogP contribution in [0, 0.1) is 0 Å². The van der Waals surface area contributed by atoms with Gasteiger partial charge in [0, 0.05) is 6.42 Å². The summed E-state index contributed by atoms with van der Waals surface area (Å²) >= 11 is 0. The van der Waals surface area contributed by atoms with Crippen molar-refractivity contribution in [1.82, 2.24) is 0 Å². The van der Waals surface area contributed by atoms with Gasteiger partial charge in [-0.2, -0.15) is 0 Å². The van der Waals surface area contributed by atoms with Crippen LogP contribution in [0.15, 0.2) is 24.3 Å². The van der Waals surface area contributed by atoms with E-state index in [0.29, 0.717) is 0 Å². The Kier molecular flexibility index (Phi) is 3.22. The van der Waals surface area contributed by atoms with E-state index >= 15 is 0 Å². The Morgan fingerprint density at radius 1 is 1.17 bits per heavy atom. The largest absolute Gasteiger partial charge is 0.392 e. The molecule has 1 aromatic carbocycles. The van der Waals surface area contributed by atoms with Crippen LogP contribution in [0.25, 0.3) is 0 Å². The lowest BCUT2D eigenvalue weighted by Gasteiger charge is -2.04. The average molecular weight is 168 g/mol. The number of benzene rings is 1. The maximum absolute atomic E-state index is 8.77. The lowest BCUT2D eigenvalue weighted by Crippen LogP contribution is -2.08. The van der Waals surface area contributed by atoms with Crippen molar-refractivity contribution in [3.63, 3.8) is 0 Å². The minimum absolute atomic E-state index is 0.0185. The molecule has 0 saturated heterocycles. The number of rotatable bonds is 3. The molecule has 1 rings (SSSR count). The third-order valence-electron chi connectivity index (χ3n) is 1.59. The first-order valence-corrected chi connectivity index (χ1v) is 3.77. The molecule has 0 bridgehead atoms. The van der Waals surface area contributed by atoms with Gasteiger partial charge in [-0.1, -0.05) is 24.3 Å². The van der Waals surface area contributed by atoms with E-state index in [0.717, 1.165) is 11.1 Å². The van der Waals surface area contributed by atoms with Crippen molar-refractivity contribution in [1.29, 1.82) is 0 Å². The molecule has 0 saturated carbocycles. The Hall–Kier alpha value is -0.900. The van der Waals surface area contributed by atoms with Gasteiger partial charge >= 0.3 is 0 Å². The van der Waals surface area contributed by atoms with Gasteiger partial charge < -0.3 is 15.3 Å². The Labute approximate surface area is 70.9 Å². The minimum atomic E-state index is -1.32. The molecular weight excluding hydrogens is 156 g/mol. The van der Waals surface area contributed by atoms with Gasteiger partial charge in [-0.05, 0) is 11.1 Å². The summed E-state index contributed by atoms with van der Waals surface area (Å²) in [6.45, 7) is -0.0185. The first-order chi connectivity index (χ1) is 5.72. The maximum Gasteiger partial charge on any atom is 0.155 e. The van der Waals surface area contributed by atoms with Crippen LogP contribution in [0.2, 0.25) is 0 Å². The maximum atomic E-state index is 8.77. The summed E-state index contributed by atoms with van der Waals surface area (Å²) in [5.74, 6) is 0. The molecule has 3 nitrogen and oxygen atoms in total. The number of hydrogen-bond donors (Lipinski definition) is 3. The van der Waals surface area contributed by atoms with Gasteiger partial charge in [-0.15, -0.1) is 0 Å². The highest BCUT2D eigenvalue weighted by Crippen LogP contribution is 2.06. The molecule has 0 heterocycles. The molecular formula is C9H12O3. The fourth-order valence-corrected chi connectivity index (χ4v) is 1.07. The molecule has 0 aliphatic rings. The molecule has 12 heavy (non-hydrogen) atoms. The molecule has 3 heteroatoms. The van der Waals surface area contributed by atoms with Crippen molar-refractivity contribution in [2.24, 2.45) is 0 Å². The zero-order valence-corrected chi connectivity index (χ0v) is 6.64. The second kappa shape index (κ2) is 4.21. The predicted molar refractivity (Wildman–Crippen MR) is 44.3 cm³/mol. The molecule has 0 amide bonds. The van der Waals surface area contributed by atoms with E-state index in [1.165, 1.54) is 0 Å². The van der Waals surface area contributed by atoms with Crippen molar-refractivity contribution < 1.29 is 15.3 Å². The molecule has 0 aliphatic heterocycles. The summed E-state index contributed by atoms with van der Waals surface area (Å²) in [7, 11) is 0. The first kappa shape index (κ1) is 9.19. The summed E-state index contributed by atoms with van der Waals surface area (Å²) in [5.41, 5.74) is 1.60. The van der Waals surface area contributed by atoms with Crippen molar-refractivity contribution in [3.05, 3.63) is 35.4 Å². The summed E-state index contributed by atoms with van der Waals surface area (Å²) < 4.78 is 0. The average Bonchev–Trinajstić information content (AvgIpc) is 2.03. The van der Waals surface area contributed by atoms with Crippen molar-refractivity contribution in [2.75, 3.05) is 0 Å². The Balaban J connectivity index is 2.72. The highest BCUT2D eigenvalue weighted by molar-refractivity contribution is 5.23. The van der Waals surface area contributed by atoms with E-state index in [-0.39, 0.29) is 13.0 Å². The van der Waals surface area contributed by atoms with Gasteiger partial charge in [0.15, 0.2) is 6.29 Å². The molecule has 0 radical (unpaired) electrons. The second-order valence-corrected chi connectivity index (χ2v) is 2.66. The standard InChI is InChI=1S/C9H12O3/c10-6-8-3-1-2-7(4-8)5-9(11)12/h1-4,9-12H,5-6H2. The molecule has 0 unspecified atom stereocenters. The minimum Gasteiger partial charge on any atom is -0.392 e. The highest BCUT2D eigenvalue weighted by atomic mass is 16.5. The SMILES string of the molecule is OCc1cccc(CC(O)O)c1. The van der Waals surface area contributed by atoms with Crippen LogP contribution in [0.3, 0.4) is 0 Å². The van der Waals surface area contributed by atoms with Crippen molar-refractivity contribution in [3.8, 4) is 0 Å². The number of hydrogen-bond acceptors (Lipinski definition) is 3. The van der Waals surface area contributed by atoms with Gasteiger partial charge in [0.2, 0.25) is 0 Å². The first-order valence-electron chi connectivity index (χ1n) is 3.77. The number of aliphatic hydroxyl groups excluding tert-OH is 2. The highest BCUT2D eigenvalue weighted by Gasteiger charge is 2.00. The van der Waals surface area contributed by atoms with Gasteiger partial charge in [0.05, 0.1) is 6.61 Å². The van der Waals surface area contributed by atoms with Gasteiger partial charge in [0.1, 0.15) is 0 Å². The van der Waals surface area contributed by atoms with Crippen molar-refractivity contribution in [2.45, 2.75) is 19.3 Å². The van der Waals surface area contributed by atoms with Crippen LogP contribution in [-0.4, -0.2) is 21.6 Å². The van der Waals surface area contributed by atoms with Crippen LogP contribution in [-0.2, 0) is 13.0 Å². The quantitative estimate of drug-likeness (QED) is 0.558. The third kappa shape index (κ3) is 2.62. The zero-order valence-electron chi connectivity index (χ0n) is 6.64. The molecule has 0 aliphatic carbocycles. The topological polar surface area (TPSA) is 60.7 Å². The van der Waals surface area contributed by atoms with E-state index < -0.39 is 6.29 Å². The Morgan fingerprint density at radius 3 is 2.42 bits per heavy atom. The van der Waals surface area contributed by atoms with E-state index in [4.69, 9.17) is 15.3 Å². The number of aliphatic hydroxyl groups is 3. The van der Waals surface area contributed by atoms with E-state index in [1.807, 2.05) is 0 Å². The van der Waals surface area contributed by atoms with Gasteiger partial charge in [0.25, 0.3) is 0 Å². The second-order valence-electron chi connectivity index (χ2n) is 2.66. The molecule has 0 fully saturated rings. The molecule has 0 aromatic heterocycles. The summed E-state index contributed by atoms with van der Waals surface area (Å²) in [6.07, 6.45) is -1.12. The summed E-state index contributed by atoms with van der Waals surface area (Å²) in [6, 6.07) is 7.11. The van der Waals surface area contributed by atoms with Crippen LogP contribution in [0.4, 0.5) is 0 Å². The summed E-state index contributed by atoms with van der Waals surface area (Å²) in [5, 5.41) is 26.1. The van der Waals surface area contributed by atoms with E-state index in [1.54, 1.807) is 24.3 Å². The molecule has 0 spiro atoms. The van der Waals surface area contributed by atoms with E-state index in [2.05, 4.69) is 0 Å². The van der Waals surface area contributed by atoms with Crippen LogP contribution in [0.1, 0.15) is 11.1 Å². The Morgan fingerprint density at radius 2 is 1.83 bits per heavy atom. The lowest BCUT2D eigenvalue weighted by atomic mass is 10.1. The molecule has 66 valence electrons. The normalized spacial score (nSPS) is 10.7. The molecule has 0 atom stereocenters. The van der Waals surface area contributed by atoms with Gasteiger partial charge in [-0.3, -0.25) is 0 Å². The van der Waals surface area contributed by atoms with Crippen LogP contribution >= 0.6 is 0 Å². The fourth-order valence-electron chi connectivity index (χ4n) is 1.07. The summed E-state index contributed by atoms with van der Waals surface area (Å²) in [4.78, 5) is 0.